The third-order valence-electron chi connectivity index (χ3n) is 4.99. The Labute approximate surface area is 170 Å². The van der Waals surface area contributed by atoms with Crippen molar-refractivity contribution in [3.05, 3.63) is 71.4 Å². The topological polar surface area (TPSA) is 81.2 Å². The Bertz CT molecular complexity index is 1150. The molecular formula is C21H25FN4O2S. The number of pyridine rings is 1. The van der Waals surface area contributed by atoms with Crippen molar-refractivity contribution in [1.82, 2.24) is 13.9 Å². The predicted octanol–water partition coefficient (Wildman–Crippen LogP) is 3.00. The lowest BCUT2D eigenvalue weighted by atomic mass is 10.0. The van der Waals surface area contributed by atoms with Crippen LogP contribution in [0.5, 0.6) is 0 Å². The van der Waals surface area contributed by atoms with Gasteiger partial charge in [-0.05, 0) is 48.7 Å². The van der Waals surface area contributed by atoms with Crippen LogP contribution in [-0.2, 0) is 23.0 Å². The van der Waals surface area contributed by atoms with E-state index in [0.29, 0.717) is 6.42 Å². The number of allylic oxidation sites excluding steroid dienone is 1. The Morgan fingerprint density at radius 2 is 1.93 bits per heavy atom. The summed E-state index contributed by atoms with van der Waals surface area (Å²) in [5, 5.41) is 0.954. The first kappa shape index (κ1) is 21.2. The predicted molar refractivity (Wildman–Crippen MR) is 113 cm³/mol. The maximum atomic E-state index is 14.1. The summed E-state index contributed by atoms with van der Waals surface area (Å²) >= 11 is 0. The van der Waals surface area contributed by atoms with Gasteiger partial charge in [0.15, 0.2) is 0 Å². The van der Waals surface area contributed by atoms with E-state index in [1.807, 2.05) is 29.7 Å². The summed E-state index contributed by atoms with van der Waals surface area (Å²) in [5.41, 5.74) is 9.27. The van der Waals surface area contributed by atoms with Gasteiger partial charge in [-0.15, -0.1) is 0 Å². The molecule has 6 nitrogen and oxygen atoms in total. The van der Waals surface area contributed by atoms with Gasteiger partial charge in [-0.2, -0.15) is 0 Å². The fourth-order valence-corrected chi connectivity index (χ4v) is 4.26. The van der Waals surface area contributed by atoms with Gasteiger partial charge in [0.05, 0.1) is 17.0 Å². The average Bonchev–Trinajstić information content (AvgIpc) is 2.94. The highest BCUT2D eigenvalue weighted by Gasteiger charge is 2.18. The first-order chi connectivity index (χ1) is 13.8. The van der Waals surface area contributed by atoms with Gasteiger partial charge in [-0.25, -0.2) is 17.1 Å². The Morgan fingerprint density at radius 1 is 1.24 bits per heavy atom. The normalized spacial score (nSPS) is 12.8. The minimum Gasteiger partial charge on any atom is -0.338 e. The Hall–Kier alpha value is -2.55. The van der Waals surface area contributed by atoms with Crippen molar-refractivity contribution in [1.29, 1.82) is 0 Å². The highest BCUT2D eigenvalue weighted by atomic mass is 32.2. The minimum absolute atomic E-state index is 0.115. The van der Waals surface area contributed by atoms with E-state index in [1.54, 1.807) is 24.5 Å². The molecule has 2 aromatic heterocycles. The maximum absolute atomic E-state index is 14.1. The number of nitrogens with two attached hydrogens (primary N) is 1. The van der Waals surface area contributed by atoms with E-state index < -0.39 is 10.0 Å². The summed E-state index contributed by atoms with van der Waals surface area (Å²) in [6, 6.07) is 8.71. The monoisotopic (exact) mass is 416 g/mol. The zero-order valence-corrected chi connectivity index (χ0v) is 17.6. The fraction of sp³-hybridized carbons (Fsp3) is 0.286. The molecule has 0 aliphatic carbocycles. The van der Waals surface area contributed by atoms with Crippen LogP contribution in [0.1, 0.15) is 16.8 Å². The largest absolute Gasteiger partial charge is 0.338 e. The molecule has 0 aliphatic heterocycles. The van der Waals surface area contributed by atoms with Crippen LogP contribution in [0.15, 0.2) is 59.5 Å². The number of hydrogen-bond donors (Lipinski definition) is 1. The number of benzene rings is 1. The van der Waals surface area contributed by atoms with Crippen molar-refractivity contribution in [2.45, 2.75) is 24.8 Å². The van der Waals surface area contributed by atoms with Crippen LogP contribution in [0.4, 0.5) is 4.39 Å². The van der Waals surface area contributed by atoms with E-state index in [1.165, 1.54) is 24.5 Å². The SMILES string of the molecule is Cc1c(Cc2ccc(S(=O)(=O)N(C)C)cc2)c2cnccc2n1CC(F)=CCN. The molecule has 154 valence electrons. The first-order valence-electron chi connectivity index (χ1n) is 9.23. The quantitative estimate of drug-likeness (QED) is 0.642. The van der Waals surface area contributed by atoms with Gasteiger partial charge in [0.25, 0.3) is 0 Å². The summed E-state index contributed by atoms with van der Waals surface area (Å²) < 4.78 is 41.8. The Morgan fingerprint density at radius 3 is 2.55 bits per heavy atom. The maximum Gasteiger partial charge on any atom is 0.242 e. The van der Waals surface area contributed by atoms with Crippen molar-refractivity contribution in [2.75, 3.05) is 20.6 Å². The lowest BCUT2D eigenvalue weighted by molar-refractivity contribution is 0.520. The number of hydrogen-bond acceptors (Lipinski definition) is 4. The minimum atomic E-state index is -3.46. The molecule has 0 aliphatic rings. The van der Waals surface area contributed by atoms with Crippen LogP contribution in [-0.4, -0.2) is 42.9 Å². The Balaban J connectivity index is 1.99. The van der Waals surface area contributed by atoms with E-state index in [4.69, 9.17) is 5.73 Å². The lowest BCUT2D eigenvalue weighted by Gasteiger charge is -2.12. The lowest BCUT2D eigenvalue weighted by Crippen LogP contribution is -2.22. The Kier molecular flexibility index (Phi) is 6.16. The molecule has 0 atom stereocenters. The van der Waals surface area contributed by atoms with Gasteiger partial charge in [-0.3, -0.25) is 4.98 Å². The molecule has 0 bridgehead atoms. The van der Waals surface area contributed by atoms with Crippen LogP contribution in [0.2, 0.25) is 0 Å². The third kappa shape index (κ3) is 4.24. The average molecular weight is 417 g/mol. The number of aromatic nitrogens is 2. The van der Waals surface area contributed by atoms with Crippen molar-refractivity contribution in [2.24, 2.45) is 5.73 Å². The molecule has 0 unspecified atom stereocenters. The van der Waals surface area contributed by atoms with E-state index in [0.717, 1.165) is 27.7 Å². The molecule has 0 radical (unpaired) electrons. The third-order valence-corrected chi connectivity index (χ3v) is 6.82. The molecule has 2 N–H and O–H groups in total. The van der Waals surface area contributed by atoms with Crippen molar-refractivity contribution >= 4 is 20.9 Å². The van der Waals surface area contributed by atoms with Crippen molar-refractivity contribution < 1.29 is 12.8 Å². The molecule has 3 rings (SSSR count). The van der Waals surface area contributed by atoms with E-state index >= 15 is 0 Å². The van der Waals surface area contributed by atoms with Crippen LogP contribution in [0.3, 0.4) is 0 Å². The number of nitrogens with zero attached hydrogens (tertiary/aromatic N) is 3. The van der Waals surface area contributed by atoms with Gasteiger partial charge in [0, 0.05) is 44.1 Å². The second-order valence-electron chi connectivity index (χ2n) is 7.04. The van der Waals surface area contributed by atoms with Gasteiger partial charge >= 0.3 is 0 Å². The van der Waals surface area contributed by atoms with E-state index in [-0.39, 0.29) is 23.8 Å². The molecule has 3 aromatic rings. The molecule has 0 amide bonds. The zero-order valence-electron chi connectivity index (χ0n) is 16.8. The van der Waals surface area contributed by atoms with Crippen LogP contribution < -0.4 is 5.73 Å². The molecule has 8 heteroatoms. The fourth-order valence-electron chi connectivity index (χ4n) is 3.36. The van der Waals surface area contributed by atoms with Gasteiger partial charge in [0.2, 0.25) is 10.0 Å². The first-order valence-corrected chi connectivity index (χ1v) is 10.7. The summed E-state index contributed by atoms with van der Waals surface area (Å²) in [5.74, 6) is -0.283. The molecule has 0 saturated carbocycles. The molecule has 2 heterocycles. The molecule has 0 spiro atoms. The highest BCUT2D eigenvalue weighted by Crippen LogP contribution is 2.28. The molecule has 0 saturated heterocycles. The summed E-state index contributed by atoms with van der Waals surface area (Å²) in [6.45, 7) is 2.22. The summed E-state index contributed by atoms with van der Waals surface area (Å²) in [7, 11) is -0.450. The number of sulfonamides is 1. The van der Waals surface area contributed by atoms with Crippen LogP contribution in [0.25, 0.3) is 10.9 Å². The smallest absolute Gasteiger partial charge is 0.242 e. The molecule has 29 heavy (non-hydrogen) atoms. The van der Waals surface area contributed by atoms with Crippen molar-refractivity contribution in [3.63, 3.8) is 0 Å². The van der Waals surface area contributed by atoms with Crippen LogP contribution >= 0.6 is 0 Å². The van der Waals surface area contributed by atoms with Crippen molar-refractivity contribution in [3.8, 4) is 0 Å². The second-order valence-corrected chi connectivity index (χ2v) is 9.19. The van der Waals surface area contributed by atoms with Gasteiger partial charge in [0.1, 0.15) is 5.83 Å². The van der Waals surface area contributed by atoms with Gasteiger partial charge in [-0.1, -0.05) is 12.1 Å². The second kappa shape index (κ2) is 8.44. The summed E-state index contributed by atoms with van der Waals surface area (Å²) in [6.07, 6.45) is 5.43. The van der Waals surface area contributed by atoms with E-state index in [2.05, 4.69) is 4.98 Å². The molecule has 1 aromatic carbocycles. The number of halogens is 1. The molecular weight excluding hydrogens is 391 g/mol. The van der Waals surface area contributed by atoms with Gasteiger partial charge < -0.3 is 10.3 Å². The highest BCUT2D eigenvalue weighted by molar-refractivity contribution is 7.89. The zero-order chi connectivity index (χ0) is 21.2. The number of fused-ring (bicyclic) bond motifs is 1. The standard InChI is InChI=1S/C21H25FN4O2S/c1-15-19(12-16-4-6-18(7-5-16)29(27,28)25(2)3)20-13-24-11-9-21(20)26(15)14-17(22)8-10-23/h4-9,11,13H,10,12,14,23H2,1-3H3. The summed E-state index contributed by atoms with van der Waals surface area (Å²) in [4.78, 5) is 4.48. The van der Waals surface area contributed by atoms with E-state index in [9.17, 15) is 12.8 Å². The number of rotatable bonds is 7. The van der Waals surface area contributed by atoms with Crippen LogP contribution in [0, 0.1) is 6.92 Å². The molecule has 0 fully saturated rings.